The molecule has 0 aliphatic rings. The predicted molar refractivity (Wildman–Crippen MR) is 95.1 cm³/mol. The third kappa shape index (κ3) is 7.13. The monoisotopic (exact) mass is 289 g/mol. The summed E-state index contributed by atoms with van der Waals surface area (Å²) in [5.74, 6) is 0. The van der Waals surface area contributed by atoms with Crippen LogP contribution in [0.3, 0.4) is 0 Å². The van der Waals surface area contributed by atoms with Crippen LogP contribution in [0, 0.1) is 0 Å². The van der Waals surface area contributed by atoms with Crippen molar-refractivity contribution >= 4 is 0 Å². The molecule has 0 bridgehead atoms. The lowest BCUT2D eigenvalue weighted by molar-refractivity contribution is 0.506. The summed E-state index contributed by atoms with van der Waals surface area (Å²) in [5.41, 5.74) is 3.27. The summed E-state index contributed by atoms with van der Waals surface area (Å²) in [6.45, 7) is 12.5. The van der Waals surface area contributed by atoms with Crippen LogP contribution in [-0.4, -0.2) is 12.6 Å². The molecule has 120 valence electrons. The molecule has 0 heterocycles. The van der Waals surface area contributed by atoms with E-state index in [1.807, 2.05) is 0 Å². The van der Waals surface area contributed by atoms with Crippen molar-refractivity contribution in [1.29, 1.82) is 0 Å². The van der Waals surface area contributed by atoms with E-state index < -0.39 is 0 Å². The second-order valence-electron chi connectivity index (χ2n) is 7.21. The molecular formula is C20H35N. The minimum absolute atomic E-state index is 0.307. The molecular weight excluding hydrogens is 254 g/mol. The van der Waals surface area contributed by atoms with Crippen LogP contribution in [0.1, 0.15) is 77.8 Å². The van der Waals surface area contributed by atoms with Crippen molar-refractivity contribution < 1.29 is 0 Å². The lowest BCUT2D eigenvalue weighted by Crippen LogP contribution is -2.23. The van der Waals surface area contributed by atoms with Gasteiger partial charge in [0.1, 0.15) is 0 Å². The van der Waals surface area contributed by atoms with Crippen LogP contribution in [0.5, 0.6) is 0 Å². The maximum absolute atomic E-state index is 3.48. The van der Waals surface area contributed by atoms with Gasteiger partial charge >= 0.3 is 0 Å². The zero-order valence-corrected chi connectivity index (χ0v) is 14.8. The Bertz CT molecular complexity index is 375. The molecule has 21 heavy (non-hydrogen) atoms. The Labute approximate surface area is 132 Å². The fourth-order valence-corrected chi connectivity index (χ4v) is 2.53. The summed E-state index contributed by atoms with van der Waals surface area (Å²) in [5, 5.41) is 3.48. The molecule has 1 aromatic carbocycles. The van der Waals surface area contributed by atoms with Gasteiger partial charge in [-0.1, -0.05) is 71.7 Å². The van der Waals surface area contributed by atoms with Crippen LogP contribution < -0.4 is 5.32 Å². The molecule has 0 aliphatic carbocycles. The molecule has 0 radical (unpaired) electrons. The van der Waals surface area contributed by atoms with Gasteiger partial charge in [-0.25, -0.2) is 0 Å². The number of hydrogen-bond acceptors (Lipinski definition) is 1. The highest BCUT2D eigenvalue weighted by molar-refractivity contribution is 5.28. The highest BCUT2D eigenvalue weighted by atomic mass is 14.9. The molecule has 0 saturated carbocycles. The lowest BCUT2D eigenvalue weighted by atomic mass is 9.82. The first-order valence-electron chi connectivity index (χ1n) is 8.78. The average molecular weight is 290 g/mol. The first-order valence-corrected chi connectivity index (χ1v) is 8.78. The molecule has 0 atom stereocenters. The zero-order chi connectivity index (χ0) is 15.7. The van der Waals surface area contributed by atoms with Gasteiger partial charge in [-0.2, -0.15) is 0 Å². The van der Waals surface area contributed by atoms with Gasteiger partial charge in [0.15, 0.2) is 0 Å². The van der Waals surface area contributed by atoms with Crippen LogP contribution in [0.25, 0.3) is 0 Å². The molecule has 0 amide bonds. The summed E-state index contributed by atoms with van der Waals surface area (Å²) >= 11 is 0. The fraction of sp³-hybridized carbons (Fsp3) is 0.700. The summed E-state index contributed by atoms with van der Waals surface area (Å²) in [4.78, 5) is 0. The van der Waals surface area contributed by atoms with Gasteiger partial charge < -0.3 is 5.32 Å². The Morgan fingerprint density at radius 1 is 0.952 bits per heavy atom. The molecule has 1 heteroatoms. The Morgan fingerprint density at radius 3 is 2.14 bits per heavy atom. The Morgan fingerprint density at radius 2 is 1.57 bits per heavy atom. The standard InChI is InChI=1S/C20H35N/c1-6-20(4,5)19-14-12-18(13-15-19)11-9-7-8-10-16-21-17(2)3/h12-15,17,21H,6-11,16H2,1-5H3. The van der Waals surface area contributed by atoms with Gasteiger partial charge in [0.2, 0.25) is 0 Å². The maximum Gasteiger partial charge on any atom is 0.00103 e. The van der Waals surface area contributed by atoms with Gasteiger partial charge in [0, 0.05) is 6.04 Å². The van der Waals surface area contributed by atoms with E-state index in [2.05, 4.69) is 64.2 Å². The molecule has 1 N–H and O–H groups in total. The number of unbranched alkanes of at least 4 members (excludes halogenated alkanes) is 3. The summed E-state index contributed by atoms with van der Waals surface area (Å²) < 4.78 is 0. The van der Waals surface area contributed by atoms with Crippen LogP contribution in [0.15, 0.2) is 24.3 Å². The molecule has 0 unspecified atom stereocenters. The van der Waals surface area contributed by atoms with Gasteiger partial charge in [0.05, 0.1) is 0 Å². The van der Waals surface area contributed by atoms with E-state index in [-0.39, 0.29) is 0 Å². The smallest absolute Gasteiger partial charge is 0.00103 e. The van der Waals surface area contributed by atoms with Gasteiger partial charge in [0.25, 0.3) is 0 Å². The van der Waals surface area contributed by atoms with Crippen molar-refractivity contribution in [3.63, 3.8) is 0 Å². The SMILES string of the molecule is CCC(C)(C)c1ccc(CCCCCCNC(C)C)cc1. The van der Waals surface area contributed by atoms with Crippen molar-refractivity contribution in [2.24, 2.45) is 0 Å². The van der Waals surface area contributed by atoms with E-state index in [1.165, 1.54) is 56.2 Å². The van der Waals surface area contributed by atoms with E-state index in [9.17, 15) is 0 Å². The third-order valence-corrected chi connectivity index (χ3v) is 4.56. The van der Waals surface area contributed by atoms with Crippen molar-refractivity contribution in [2.45, 2.75) is 84.6 Å². The lowest BCUT2D eigenvalue weighted by Gasteiger charge is -2.23. The molecule has 0 fully saturated rings. The Hall–Kier alpha value is -0.820. The topological polar surface area (TPSA) is 12.0 Å². The molecule has 1 nitrogen and oxygen atoms in total. The molecule has 0 aliphatic heterocycles. The number of hydrogen-bond donors (Lipinski definition) is 1. The van der Waals surface area contributed by atoms with Gasteiger partial charge in [-0.15, -0.1) is 0 Å². The summed E-state index contributed by atoms with van der Waals surface area (Å²) in [6.07, 6.45) is 7.74. The van der Waals surface area contributed by atoms with E-state index in [4.69, 9.17) is 0 Å². The van der Waals surface area contributed by atoms with Crippen LogP contribution in [0.4, 0.5) is 0 Å². The normalized spacial score (nSPS) is 12.1. The summed E-state index contributed by atoms with van der Waals surface area (Å²) in [7, 11) is 0. The van der Waals surface area contributed by atoms with Gasteiger partial charge in [-0.3, -0.25) is 0 Å². The highest BCUT2D eigenvalue weighted by Gasteiger charge is 2.17. The highest BCUT2D eigenvalue weighted by Crippen LogP contribution is 2.26. The maximum atomic E-state index is 3.48. The van der Waals surface area contributed by atoms with E-state index >= 15 is 0 Å². The van der Waals surface area contributed by atoms with Crippen molar-refractivity contribution in [1.82, 2.24) is 5.32 Å². The number of aryl methyl sites for hydroxylation is 1. The van der Waals surface area contributed by atoms with Crippen LogP contribution in [-0.2, 0) is 11.8 Å². The van der Waals surface area contributed by atoms with Crippen molar-refractivity contribution in [3.05, 3.63) is 35.4 Å². The predicted octanol–water partition coefficient (Wildman–Crippen LogP) is 5.48. The molecule has 0 aromatic heterocycles. The number of nitrogens with one attached hydrogen (secondary N) is 1. The molecule has 0 spiro atoms. The van der Waals surface area contributed by atoms with Crippen molar-refractivity contribution in [3.8, 4) is 0 Å². The van der Waals surface area contributed by atoms with Crippen LogP contribution in [0.2, 0.25) is 0 Å². The molecule has 1 aromatic rings. The Kier molecular flexibility index (Phi) is 8.03. The Balaban J connectivity index is 2.21. The van der Waals surface area contributed by atoms with Crippen LogP contribution >= 0.6 is 0 Å². The number of rotatable bonds is 10. The molecule has 0 saturated heterocycles. The molecule has 1 rings (SSSR count). The first-order chi connectivity index (χ1) is 9.95. The second kappa shape index (κ2) is 9.25. The van der Waals surface area contributed by atoms with Crippen molar-refractivity contribution in [2.75, 3.05) is 6.54 Å². The van der Waals surface area contributed by atoms with E-state index in [0.29, 0.717) is 11.5 Å². The number of benzene rings is 1. The first kappa shape index (κ1) is 18.2. The fourth-order valence-electron chi connectivity index (χ4n) is 2.53. The zero-order valence-electron chi connectivity index (χ0n) is 14.8. The van der Waals surface area contributed by atoms with Gasteiger partial charge in [-0.05, 0) is 48.8 Å². The largest absolute Gasteiger partial charge is 0.315 e. The average Bonchev–Trinajstić information content (AvgIpc) is 2.46. The quantitative estimate of drug-likeness (QED) is 0.563. The second-order valence-corrected chi connectivity index (χ2v) is 7.21. The minimum atomic E-state index is 0.307. The van der Waals surface area contributed by atoms with E-state index in [0.717, 1.165) is 0 Å². The minimum Gasteiger partial charge on any atom is -0.315 e. The third-order valence-electron chi connectivity index (χ3n) is 4.56. The van der Waals surface area contributed by atoms with E-state index in [1.54, 1.807) is 0 Å². The summed E-state index contributed by atoms with van der Waals surface area (Å²) in [6, 6.07) is 9.92.